The van der Waals surface area contributed by atoms with Gasteiger partial charge < -0.3 is 15.0 Å². The molecule has 1 N–H and O–H groups in total. The van der Waals surface area contributed by atoms with Gasteiger partial charge in [-0.1, -0.05) is 6.42 Å². The third-order valence-corrected chi connectivity index (χ3v) is 4.15. The van der Waals surface area contributed by atoms with E-state index >= 15 is 0 Å². The van der Waals surface area contributed by atoms with Gasteiger partial charge in [-0.25, -0.2) is 0 Å². The van der Waals surface area contributed by atoms with E-state index in [1.807, 2.05) is 0 Å². The standard InChI is InChI=1S/C18H21F3N2O4/c1-12(27-16(25)11-23-10-4-2-3-5-15(23)24)17(26)22-14-8-6-13(7-9-14)18(19,20)21/h6-9,12H,2-5,10-11H2,1H3,(H,22,26). The molecule has 0 radical (unpaired) electrons. The Balaban J connectivity index is 1.85. The predicted octanol–water partition coefficient (Wildman–Crippen LogP) is 2.98. The van der Waals surface area contributed by atoms with Crippen LogP contribution >= 0.6 is 0 Å². The summed E-state index contributed by atoms with van der Waals surface area (Å²) >= 11 is 0. The summed E-state index contributed by atoms with van der Waals surface area (Å²) in [5, 5.41) is 2.38. The minimum absolute atomic E-state index is 0.119. The number of benzene rings is 1. The van der Waals surface area contributed by atoms with E-state index < -0.39 is 29.7 Å². The van der Waals surface area contributed by atoms with Crippen molar-refractivity contribution in [3.05, 3.63) is 29.8 Å². The van der Waals surface area contributed by atoms with Crippen LogP contribution in [0.4, 0.5) is 18.9 Å². The van der Waals surface area contributed by atoms with Gasteiger partial charge in [0.2, 0.25) is 5.91 Å². The van der Waals surface area contributed by atoms with Crippen LogP contribution in [0.2, 0.25) is 0 Å². The van der Waals surface area contributed by atoms with E-state index in [9.17, 15) is 27.6 Å². The number of rotatable bonds is 5. The molecule has 2 rings (SSSR count). The molecule has 0 aromatic heterocycles. The summed E-state index contributed by atoms with van der Waals surface area (Å²) in [6.45, 7) is 1.60. The lowest BCUT2D eigenvalue weighted by atomic mass is 10.2. The van der Waals surface area contributed by atoms with Crippen LogP contribution in [-0.4, -0.2) is 41.9 Å². The Morgan fingerprint density at radius 1 is 1.19 bits per heavy atom. The molecule has 27 heavy (non-hydrogen) atoms. The summed E-state index contributed by atoms with van der Waals surface area (Å²) in [6.07, 6.45) is -2.71. The number of hydrogen-bond donors (Lipinski definition) is 1. The van der Waals surface area contributed by atoms with E-state index in [1.54, 1.807) is 0 Å². The van der Waals surface area contributed by atoms with E-state index in [0.717, 1.165) is 43.5 Å². The summed E-state index contributed by atoms with van der Waals surface area (Å²) < 4.78 is 42.6. The topological polar surface area (TPSA) is 75.7 Å². The second-order valence-corrected chi connectivity index (χ2v) is 6.32. The van der Waals surface area contributed by atoms with Crippen molar-refractivity contribution in [3.8, 4) is 0 Å². The SMILES string of the molecule is CC(OC(=O)CN1CCCCCC1=O)C(=O)Nc1ccc(C(F)(F)F)cc1. The number of likely N-dealkylation sites (tertiary alicyclic amines) is 1. The van der Waals surface area contributed by atoms with E-state index in [0.29, 0.717) is 13.0 Å². The fourth-order valence-electron chi connectivity index (χ4n) is 2.64. The van der Waals surface area contributed by atoms with Crippen molar-refractivity contribution < 1.29 is 32.3 Å². The first-order valence-corrected chi connectivity index (χ1v) is 8.62. The first-order valence-electron chi connectivity index (χ1n) is 8.62. The van der Waals surface area contributed by atoms with Gasteiger partial charge in [-0.2, -0.15) is 13.2 Å². The van der Waals surface area contributed by atoms with E-state index in [4.69, 9.17) is 4.74 Å². The second-order valence-electron chi connectivity index (χ2n) is 6.32. The first kappa shape index (κ1) is 20.7. The summed E-state index contributed by atoms with van der Waals surface area (Å²) in [5.41, 5.74) is -0.680. The van der Waals surface area contributed by atoms with E-state index in [1.165, 1.54) is 11.8 Å². The molecule has 1 aliphatic rings. The predicted molar refractivity (Wildman–Crippen MR) is 90.7 cm³/mol. The normalized spacial score (nSPS) is 16.4. The average molecular weight is 386 g/mol. The highest BCUT2D eigenvalue weighted by Crippen LogP contribution is 2.29. The molecular weight excluding hydrogens is 365 g/mol. The van der Waals surface area contributed by atoms with Crippen LogP contribution in [0, 0.1) is 0 Å². The molecule has 148 valence electrons. The number of amides is 2. The molecule has 1 unspecified atom stereocenters. The monoisotopic (exact) mass is 386 g/mol. The number of hydrogen-bond acceptors (Lipinski definition) is 4. The van der Waals surface area contributed by atoms with Crippen molar-refractivity contribution in [1.82, 2.24) is 4.90 Å². The lowest BCUT2D eigenvalue weighted by Crippen LogP contribution is -2.38. The second kappa shape index (κ2) is 8.88. The third kappa shape index (κ3) is 6.26. The van der Waals surface area contributed by atoms with Crippen molar-refractivity contribution in [2.45, 2.75) is 44.9 Å². The zero-order valence-electron chi connectivity index (χ0n) is 14.8. The number of ether oxygens (including phenoxy) is 1. The zero-order chi connectivity index (χ0) is 20.0. The summed E-state index contributed by atoms with van der Waals surface area (Å²) in [5.74, 6) is -1.50. The van der Waals surface area contributed by atoms with Gasteiger partial charge >= 0.3 is 12.1 Å². The van der Waals surface area contributed by atoms with Crippen LogP contribution in [0.15, 0.2) is 24.3 Å². The van der Waals surface area contributed by atoms with Crippen LogP contribution < -0.4 is 5.32 Å². The molecule has 1 fully saturated rings. The Kier molecular flexibility index (Phi) is 6.81. The third-order valence-electron chi connectivity index (χ3n) is 4.15. The highest BCUT2D eigenvalue weighted by atomic mass is 19.4. The fourth-order valence-corrected chi connectivity index (χ4v) is 2.64. The van der Waals surface area contributed by atoms with Gasteiger partial charge in [0.1, 0.15) is 6.54 Å². The van der Waals surface area contributed by atoms with Gasteiger partial charge in [0, 0.05) is 18.7 Å². The van der Waals surface area contributed by atoms with Gasteiger partial charge in [-0.05, 0) is 44.0 Å². The molecule has 1 atom stereocenters. The highest BCUT2D eigenvalue weighted by molar-refractivity contribution is 5.95. The molecule has 2 amide bonds. The largest absolute Gasteiger partial charge is 0.451 e. The van der Waals surface area contributed by atoms with Crippen LogP contribution in [0.25, 0.3) is 0 Å². The Labute approximate surface area is 154 Å². The molecule has 9 heteroatoms. The Morgan fingerprint density at radius 2 is 1.85 bits per heavy atom. The molecule has 1 heterocycles. The van der Waals surface area contributed by atoms with Crippen molar-refractivity contribution in [1.29, 1.82) is 0 Å². The summed E-state index contributed by atoms with van der Waals surface area (Å²) in [6, 6.07) is 3.92. The molecule has 0 bridgehead atoms. The van der Waals surface area contributed by atoms with Crippen molar-refractivity contribution in [2.75, 3.05) is 18.4 Å². The van der Waals surface area contributed by atoms with Crippen LogP contribution in [0.3, 0.4) is 0 Å². The number of alkyl halides is 3. The number of esters is 1. The molecule has 0 saturated carbocycles. The number of halogens is 3. The Morgan fingerprint density at radius 3 is 2.48 bits per heavy atom. The lowest BCUT2D eigenvalue weighted by Gasteiger charge is -2.20. The summed E-state index contributed by atoms with van der Waals surface area (Å²) in [4.78, 5) is 37.3. The van der Waals surface area contributed by atoms with Crippen LogP contribution in [0.5, 0.6) is 0 Å². The smallest absolute Gasteiger partial charge is 0.416 e. The summed E-state index contributed by atoms with van der Waals surface area (Å²) in [7, 11) is 0. The first-order chi connectivity index (χ1) is 12.7. The number of anilines is 1. The molecule has 0 aliphatic carbocycles. The lowest BCUT2D eigenvalue weighted by molar-refractivity contribution is -0.156. The number of nitrogens with one attached hydrogen (secondary N) is 1. The van der Waals surface area contributed by atoms with Crippen molar-refractivity contribution >= 4 is 23.5 Å². The molecular formula is C18H21F3N2O4. The minimum Gasteiger partial charge on any atom is -0.451 e. The minimum atomic E-state index is -4.46. The molecule has 6 nitrogen and oxygen atoms in total. The maximum Gasteiger partial charge on any atom is 0.416 e. The van der Waals surface area contributed by atoms with Gasteiger partial charge in [-0.3, -0.25) is 14.4 Å². The maximum atomic E-state index is 12.5. The van der Waals surface area contributed by atoms with Crippen molar-refractivity contribution in [2.24, 2.45) is 0 Å². The zero-order valence-corrected chi connectivity index (χ0v) is 14.8. The van der Waals surface area contributed by atoms with E-state index in [2.05, 4.69) is 5.32 Å². The molecule has 1 saturated heterocycles. The van der Waals surface area contributed by atoms with Gasteiger partial charge in [-0.15, -0.1) is 0 Å². The Hall–Kier alpha value is -2.58. The average Bonchev–Trinajstić information content (AvgIpc) is 2.79. The molecule has 0 spiro atoms. The quantitative estimate of drug-likeness (QED) is 0.790. The van der Waals surface area contributed by atoms with Gasteiger partial charge in [0.05, 0.1) is 5.56 Å². The van der Waals surface area contributed by atoms with Gasteiger partial charge in [0.15, 0.2) is 6.10 Å². The fraction of sp³-hybridized carbons (Fsp3) is 0.500. The van der Waals surface area contributed by atoms with E-state index in [-0.39, 0.29) is 18.1 Å². The molecule has 1 aromatic rings. The maximum absolute atomic E-state index is 12.5. The van der Waals surface area contributed by atoms with Gasteiger partial charge in [0.25, 0.3) is 5.91 Å². The van der Waals surface area contributed by atoms with Crippen LogP contribution in [0.1, 0.15) is 38.2 Å². The van der Waals surface area contributed by atoms with Crippen LogP contribution in [-0.2, 0) is 25.3 Å². The number of nitrogens with zero attached hydrogens (tertiary/aromatic N) is 1. The van der Waals surface area contributed by atoms with Crippen molar-refractivity contribution in [3.63, 3.8) is 0 Å². The molecule has 1 aliphatic heterocycles. The molecule has 1 aromatic carbocycles. The number of carbonyl (C=O) groups is 3. The Bertz CT molecular complexity index is 689. The number of carbonyl (C=O) groups excluding carboxylic acids is 3. The highest BCUT2D eigenvalue weighted by Gasteiger charge is 2.30.